The molecule has 0 unspecified atom stereocenters. The Bertz CT molecular complexity index is 127. The van der Waals surface area contributed by atoms with E-state index in [-0.39, 0.29) is 0 Å². The van der Waals surface area contributed by atoms with E-state index in [0.717, 1.165) is 13.1 Å². The van der Waals surface area contributed by atoms with Gasteiger partial charge in [-0.3, -0.25) is 0 Å². The maximum absolute atomic E-state index is 3.46. The molecule has 2 aliphatic rings. The molecule has 0 fully saturated rings. The smallest absolute Gasteiger partial charge is 0.0184 e. The van der Waals surface area contributed by atoms with Crippen LogP contribution in [0.4, 0.5) is 0 Å². The molecule has 0 radical (unpaired) electrons. The van der Waals surface area contributed by atoms with Crippen molar-refractivity contribution in [1.82, 2.24) is 10.6 Å². The molecule has 0 atom stereocenters. The highest BCUT2D eigenvalue weighted by Gasteiger charge is 2.14. The molecule has 0 saturated heterocycles. The second kappa shape index (κ2) is 2.62. The summed E-state index contributed by atoms with van der Waals surface area (Å²) < 4.78 is 0. The van der Waals surface area contributed by atoms with Crippen molar-refractivity contribution in [1.29, 1.82) is 0 Å². The topological polar surface area (TPSA) is 24.1 Å². The fourth-order valence-electron chi connectivity index (χ4n) is 1.73. The molecule has 2 aliphatic heterocycles. The van der Waals surface area contributed by atoms with Crippen molar-refractivity contribution in [2.75, 3.05) is 19.6 Å². The molecule has 0 amide bonds. The van der Waals surface area contributed by atoms with Crippen LogP contribution < -0.4 is 10.6 Å². The lowest BCUT2D eigenvalue weighted by Gasteiger charge is -2.26. The first-order valence-corrected chi connectivity index (χ1v) is 4.12. The van der Waals surface area contributed by atoms with E-state index in [2.05, 4.69) is 10.6 Å². The molecule has 0 spiro atoms. The molecule has 2 heterocycles. The highest BCUT2D eigenvalue weighted by atomic mass is 14.9. The van der Waals surface area contributed by atoms with Gasteiger partial charge in [-0.1, -0.05) is 0 Å². The van der Waals surface area contributed by atoms with Gasteiger partial charge in [-0.05, 0) is 24.8 Å². The van der Waals surface area contributed by atoms with E-state index < -0.39 is 0 Å². The maximum atomic E-state index is 3.46. The van der Waals surface area contributed by atoms with Crippen molar-refractivity contribution >= 4 is 0 Å². The van der Waals surface area contributed by atoms with E-state index in [4.69, 9.17) is 0 Å². The van der Waals surface area contributed by atoms with Crippen molar-refractivity contribution in [2.45, 2.75) is 19.3 Å². The summed E-state index contributed by atoms with van der Waals surface area (Å²) in [5.74, 6) is 0. The highest BCUT2D eigenvalue weighted by molar-refractivity contribution is 5.19. The number of hydrogen-bond donors (Lipinski definition) is 2. The Labute approximate surface area is 61.7 Å². The minimum atomic E-state index is 1.13. The summed E-state index contributed by atoms with van der Waals surface area (Å²) in [6.07, 6.45) is 3.85. The van der Waals surface area contributed by atoms with Crippen LogP contribution in [0.2, 0.25) is 0 Å². The van der Waals surface area contributed by atoms with Crippen LogP contribution in [0.25, 0.3) is 0 Å². The van der Waals surface area contributed by atoms with Gasteiger partial charge in [0.05, 0.1) is 0 Å². The predicted octanol–water partition coefficient (Wildman–Crippen LogP) is 0.617. The van der Waals surface area contributed by atoms with Gasteiger partial charge in [0, 0.05) is 25.3 Å². The standard InChI is InChI=1S/C8H14N2/c1-2-7-6-9-5-3-8(7)10-4-1/h9-10H,1-6H2. The van der Waals surface area contributed by atoms with Crippen LogP contribution in [-0.2, 0) is 0 Å². The lowest BCUT2D eigenvalue weighted by atomic mass is 9.99. The Morgan fingerprint density at radius 3 is 3.00 bits per heavy atom. The second-order valence-corrected chi connectivity index (χ2v) is 3.04. The summed E-state index contributed by atoms with van der Waals surface area (Å²) in [4.78, 5) is 0. The van der Waals surface area contributed by atoms with E-state index in [1.165, 1.54) is 31.5 Å². The van der Waals surface area contributed by atoms with Crippen LogP contribution in [0.15, 0.2) is 11.3 Å². The van der Waals surface area contributed by atoms with Gasteiger partial charge in [0.25, 0.3) is 0 Å². The number of nitrogens with one attached hydrogen (secondary N) is 2. The quantitative estimate of drug-likeness (QED) is 0.512. The first-order chi connectivity index (χ1) is 4.97. The largest absolute Gasteiger partial charge is 0.388 e. The molecule has 0 saturated carbocycles. The molecule has 10 heavy (non-hydrogen) atoms. The zero-order valence-corrected chi connectivity index (χ0v) is 6.24. The molecule has 0 aromatic carbocycles. The molecule has 56 valence electrons. The third-order valence-corrected chi connectivity index (χ3v) is 2.31. The van der Waals surface area contributed by atoms with Crippen molar-refractivity contribution < 1.29 is 0 Å². The summed E-state index contributed by atoms with van der Waals surface area (Å²) in [7, 11) is 0. The Hall–Kier alpha value is -0.500. The van der Waals surface area contributed by atoms with E-state index in [1.54, 1.807) is 5.57 Å². The maximum Gasteiger partial charge on any atom is 0.0184 e. The van der Waals surface area contributed by atoms with Crippen LogP contribution in [0.5, 0.6) is 0 Å². The molecule has 2 nitrogen and oxygen atoms in total. The van der Waals surface area contributed by atoms with E-state index in [1.807, 2.05) is 0 Å². The summed E-state index contributed by atoms with van der Waals surface area (Å²) in [5, 5.41) is 6.85. The summed E-state index contributed by atoms with van der Waals surface area (Å²) in [5.41, 5.74) is 3.16. The zero-order valence-electron chi connectivity index (χ0n) is 6.24. The van der Waals surface area contributed by atoms with Gasteiger partial charge in [0.15, 0.2) is 0 Å². The molecule has 2 N–H and O–H groups in total. The molecular weight excluding hydrogens is 124 g/mol. The monoisotopic (exact) mass is 138 g/mol. The summed E-state index contributed by atoms with van der Waals surface area (Å²) in [6, 6.07) is 0. The molecule has 2 heteroatoms. The first-order valence-electron chi connectivity index (χ1n) is 4.12. The van der Waals surface area contributed by atoms with Crippen molar-refractivity contribution in [3.05, 3.63) is 11.3 Å². The minimum absolute atomic E-state index is 1.13. The predicted molar refractivity (Wildman–Crippen MR) is 41.7 cm³/mol. The molecule has 0 aromatic heterocycles. The van der Waals surface area contributed by atoms with Gasteiger partial charge in [-0.25, -0.2) is 0 Å². The Kier molecular flexibility index (Phi) is 1.63. The van der Waals surface area contributed by atoms with Crippen molar-refractivity contribution in [3.63, 3.8) is 0 Å². The van der Waals surface area contributed by atoms with Gasteiger partial charge in [0.2, 0.25) is 0 Å². The average Bonchev–Trinajstić information content (AvgIpc) is 2.05. The van der Waals surface area contributed by atoms with Gasteiger partial charge >= 0.3 is 0 Å². The third kappa shape index (κ3) is 1.03. The lowest BCUT2D eigenvalue weighted by molar-refractivity contribution is 0.553. The van der Waals surface area contributed by atoms with Crippen LogP contribution in [0.3, 0.4) is 0 Å². The van der Waals surface area contributed by atoms with Gasteiger partial charge in [-0.2, -0.15) is 0 Å². The van der Waals surface area contributed by atoms with Crippen LogP contribution in [-0.4, -0.2) is 19.6 Å². The van der Waals surface area contributed by atoms with E-state index >= 15 is 0 Å². The van der Waals surface area contributed by atoms with Crippen molar-refractivity contribution in [3.8, 4) is 0 Å². The fourth-order valence-corrected chi connectivity index (χ4v) is 1.73. The van der Waals surface area contributed by atoms with Crippen LogP contribution in [0, 0.1) is 0 Å². The Morgan fingerprint density at radius 1 is 1.10 bits per heavy atom. The molecule has 2 rings (SSSR count). The number of hydrogen-bond acceptors (Lipinski definition) is 2. The highest BCUT2D eigenvalue weighted by Crippen LogP contribution is 2.18. The third-order valence-electron chi connectivity index (χ3n) is 2.31. The SMILES string of the molecule is C1CNC2=C(C1)CNCC2. The second-order valence-electron chi connectivity index (χ2n) is 3.04. The van der Waals surface area contributed by atoms with E-state index in [9.17, 15) is 0 Å². The number of rotatable bonds is 0. The Morgan fingerprint density at radius 2 is 2.10 bits per heavy atom. The molecule has 0 bridgehead atoms. The normalized spacial score (nSPS) is 25.6. The van der Waals surface area contributed by atoms with Gasteiger partial charge in [0.1, 0.15) is 0 Å². The first kappa shape index (κ1) is 6.23. The van der Waals surface area contributed by atoms with Crippen LogP contribution in [0.1, 0.15) is 19.3 Å². The minimum Gasteiger partial charge on any atom is -0.388 e. The zero-order chi connectivity index (χ0) is 6.81. The molecule has 0 aromatic rings. The Balaban J connectivity index is 2.14. The molecular formula is C8H14N2. The van der Waals surface area contributed by atoms with Crippen LogP contribution >= 0.6 is 0 Å². The van der Waals surface area contributed by atoms with E-state index in [0.29, 0.717) is 0 Å². The average molecular weight is 138 g/mol. The van der Waals surface area contributed by atoms with Gasteiger partial charge in [-0.15, -0.1) is 0 Å². The lowest BCUT2D eigenvalue weighted by Crippen LogP contribution is -2.33. The summed E-state index contributed by atoms with van der Waals surface area (Å²) >= 11 is 0. The van der Waals surface area contributed by atoms with Gasteiger partial charge < -0.3 is 10.6 Å². The van der Waals surface area contributed by atoms with Crippen molar-refractivity contribution in [2.24, 2.45) is 0 Å². The molecule has 0 aliphatic carbocycles. The fraction of sp³-hybridized carbons (Fsp3) is 0.750. The summed E-state index contributed by atoms with van der Waals surface area (Å²) in [6.45, 7) is 3.48.